The van der Waals surface area contributed by atoms with Crippen LogP contribution in [0.1, 0.15) is 13.3 Å². The van der Waals surface area contributed by atoms with Gasteiger partial charge in [-0.15, -0.1) is 0 Å². The summed E-state index contributed by atoms with van der Waals surface area (Å²) in [5.41, 5.74) is 0. The van der Waals surface area contributed by atoms with Crippen LogP contribution in [0.3, 0.4) is 0 Å². The number of hydrogen-bond donors (Lipinski definition) is 2. The minimum absolute atomic E-state index is 0.148. The Morgan fingerprint density at radius 2 is 2.00 bits per heavy atom. The Bertz CT molecular complexity index is 199. The number of aliphatic carboxylic acids is 2. The van der Waals surface area contributed by atoms with Gasteiger partial charge in [-0.3, -0.25) is 9.59 Å². The van der Waals surface area contributed by atoms with Crippen molar-refractivity contribution in [3.05, 3.63) is 0 Å². The van der Waals surface area contributed by atoms with E-state index in [1.165, 1.54) is 0 Å². The molecule has 0 heterocycles. The molecule has 0 aliphatic heterocycles. The van der Waals surface area contributed by atoms with E-state index in [9.17, 15) is 9.59 Å². The van der Waals surface area contributed by atoms with Crippen LogP contribution in [0.15, 0.2) is 0 Å². The van der Waals surface area contributed by atoms with Crippen LogP contribution in [0.2, 0.25) is 0 Å². The van der Waals surface area contributed by atoms with Crippen LogP contribution in [0.25, 0.3) is 0 Å². The molecule has 2 N–H and O–H groups in total. The third-order valence-corrected chi connectivity index (χ3v) is 2.19. The minimum Gasteiger partial charge on any atom is -0.481 e. The number of rotatable bonds is 3. The predicted molar refractivity (Wildman–Crippen MR) is 36.0 cm³/mol. The highest BCUT2D eigenvalue weighted by atomic mass is 16.4. The van der Waals surface area contributed by atoms with Crippen LogP contribution >= 0.6 is 0 Å². The largest absolute Gasteiger partial charge is 0.481 e. The van der Waals surface area contributed by atoms with Gasteiger partial charge in [0, 0.05) is 0 Å². The second-order valence-electron chi connectivity index (χ2n) is 2.97. The van der Waals surface area contributed by atoms with E-state index in [4.69, 9.17) is 10.2 Å². The Kier molecular flexibility index (Phi) is 1.85. The maximum absolute atomic E-state index is 10.4. The van der Waals surface area contributed by atoms with Crippen molar-refractivity contribution in [2.45, 2.75) is 13.3 Å². The normalized spacial score (nSPS) is 31.0. The van der Waals surface area contributed by atoms with Crippen LogP contribution in [0.4, 0.5) is 0 Å². The molecule has 0 bridgehead atoms. The fraction of sp³-hybridized carbons (Fsp3) is 0.714. The van der Waals surface area contributed by atoms with Crippen molar-refractivity contribution in [3.63, 3.8) is 0 Å². The lowest BCUT2D eigenvalue weighted by Gasteiger charge is -2.01. The van der Waals surface area contributed by atoms with Gasteiger partial charge in [0.1, 0.15) is 0 Å². The van der Waals surface area contributed by atoms with E-state index >= 15 is 0 Å². The monoisotopic (exact) mass is 158 g/mol. The van der Waals surface area contributed by atoms with Crippen molar-refractivity contribution in [1.29, 1.82) is 0 Å². The highest BCUT2D eigenvalue weighted by molar-refractivity contribution is 5.77. The van der Waals surface area contributed by atoms with Gasteiger partial charge in [0.05, 0.1) is 11.8 Å². The molecule has 1 rings (SSSR count). The van der Waals surface area contributed by atoms with E-state index in [0.717, 1.165) is 0 Å². The van der Waals surface area contributed by atoms with E-state index in [1.54, 1.807) is 6.92 Å². The summed E-state index contributed by atoms with van der Waals surface area (Å²) in [4.78, 5) is 20.7. The molecule has 0 amide bonds. The molecule has 0 aromatic rings. The fourth-order valence-corrected chi connectivity index (χ4v) is 1.23. The molecule has 3 atom stereocenters. The van der Waals surface area contributed by atoms with Crippen molar-refractivity contribution in [1.82, 2.24) is 0 Å². The molecule has 1 aliphatic carbocycles. The second-order valence-corrected chi connectivity index (χ2v) is 2.97. The number of hydrogen-bond acceptors (Lipinski definition) is 2. The van der Waals surface area contributed by atoms with Gasteiger partial charge in [-0.05, 0) is 12.3 Å². The molecule has 0 aromatic heterocycles. The average Bonchev–Trinajstić information content (AvgIpc) is 2.63. The first-order chi connectivity index (χ1) is 5.04. The third kappa shape index (κ3) is 1.50. The fourth-order valence-electron chi connectivity index (χ4n) is 1.23. The molecular formula is C7H10O4. The summed E-state index contributed by atoms with van der Waals surface area (Å²) in [6.45, 7) is 1.55. The number of carbonyl (C=O) groups is 2. The maximum Gasteiger partial charge on any atom is 0.306 e. The Labute approximate surface area is 63.8 Å². The standard InChI is InChI=1S/C7H10O4/c1-3(6(8)9)4-2-5(4)7(10)11/h3-5H,2H2,1H3,(H,8,9)(H,10,11). The molecule has 0 saturated heterocycles. The van der Waals surface area contributed by atoms with Crippen molar-refractivity contribution in [2.75, 3.05) is 0 Å². The molecule has 62 valence electrons. The van der Waals surface area contributed by atoms with E-state index in [1.807, 2.05) is 0 Å². The van der Waals surface area contributed by atoms with Crippen molar-refractivity contribution < 1.29 is 19.8 Å². The molecule has 0 radical (unpaired) electrons. The zero-order valence-electron chi connectivity index (χ0n) is 6.15. The summed E-state index contributed by atoms with van der Waals surface area (Å²) in [5.74, 6) is -2.86. The summed E-state index contributed by atoms with van der Waals surface area (Å²) in [7, 11) is 0. The maximum atomic E-state index is 10.4. The Balaban J connectivity index is 2.43. The van der Waals surface area contributed by atoms with Gasteiger partial charge in [0.25, 0.3) is 0 Å². The van der Waals surface area contributed by atoms with E-state index < -0.39 is 23.8 Å². The van der Waals surface area contributed by atoms with Crippen LogP contribution in [-0.2, 0) is 9.59 Å². The summed E-state index contributed by atoms with van der Waals surface area (Å²) < 4.78 is 0. The van der Waals surface area contributed by atoms with Crippen molar-refractivity contribution >= 4 is 11.9 Å². The lowest BCUT2D eigenvalue weighted by atomic mass is 10.1. The van der Waals surface area contributed by atoms with Crippen LogP contribution in [0.5, 0.6) is 0 Å². The summed E-state index contributed by atoms with van der Waals surface area (Å²) in [5, 5.41) is 17.0. The first kappa shape index (κ1) is 8.04. The summed E-state index contributed by atoms with van der Waals surface area (Å²) in [6, 6.07) is 0. The van der Waals surface area contributed by atoms with Crippen molar-refractivity contribution in [2.24, 2.45) is 17.8 Å². The van der Waals surface area contributed by atoms with Gasteiger partial charge in [-0.2, -0.15) is 0 Å². The minimum atomic E-state index is -0.904. The topological polar surface area (TPSA) is 74.6 Å². The molecule has 4 heteroatoms. The van der Waals surface area contributed by atoms with Gasteiger partial charge < -0.3 is 10.2 Å². The van der Waals surface area contributed by atoms with Gasteiger partial charge in [-0.1, -0.05) is 6.92 Å². The van der Waals surface area contributed by atoms with Gasteiger partial charge >= 0.3 is 11.9 Å². The van der Waals surface area contributed by atoms with E-state index in [-0.39, 0.29) is 5.92 Å². The van der Waals surface area contributed by atoms with Crippen LogP contribution < -0.4 is 0 Å². The lowest BCUT2D eigenvalue weighted by molar-refractivity contribution is -0.142. The Hall–Kier alpha value is -1.06. The summed E-state index contributed by atoms with van der Waals surface area (Å²) in [6.07, 6.45) is 0.517. The highest BCUT2D eigenvalue weighted by Crippen LogP contribution is 2.44. The first-order valence-corrected chi connectivity index (χ1v) is 3.49. The SMILES string of the molecule is CC(C(=O)O)C1CC1C(=O)O. The second kappa shape index (κ2) is 2.53. The zero-order valence-corrected chi connectivity index (χ0v) is 6.15. The molecule has 1 aliphatic rings. The quantitative estimate of drug-likeness (QED) is 0.624. The number of carboxylic acids is 2. The molecule has 4 nitrogen and oxygen atoms in total. The highest BCUT2D eigenvalue weighted by Gasteiger charge is 2.48. The van der Waals surface area contributed by atoms with Gasteiger partial charge in [0.2, 0.25) is 0 Å². The molecule has 1 saturated carbocycles. The molecule has 11 heavy (non-hydrogen) atoms. The van der Waals surface area contributed by atoms with E-state index in [2.05, 4.69) is 0 Å². The molecular weight excluding hydrogens is 148 g/mol. The smallest absolute Gasteiger partial charge is 0.306 e. The van der Waals surface area contributed by atoms with Crippen LogP contribution in [-0.4, -0.2) is 22.2 Å². The Morgan fingerprint density at radius 1 is 1.45 bits per heavy atom. The van der Waals surface area contributed by atoms with E-state index in [0.29, 0.717) is 6.42 Å². The molecule has 0 aromatic carbocycles. The summed E-state index contributed by atoms with van der Waals surface area (Å²) >= 11 is 0. The van der Waals surface area contributed by atoms with Crippen LogP contribution in [0, 0.1) is 17.8 Å². The van der Waals surface area contributed by atoms with Gasteiger partial charge in [0.15, 0.2) is 0 Å². The predicted octanol–water partition coefficient (Wildman–Crippen LogP) is 0.428. The molecule has 3 unspecified atom stereocenters. The Morgan fingerprint density at radius 3 is 2.27 bits per heavy atom. The lowest BCUT2D eigenvalue weighted by Crippen LogP contribution is -2.14. The van der Waals surface area contributed by atoms with Crippen molar-refractivity contribution in [3.8, 4) is 0 Å². The molecule has 1 fully saturated rings. The average molecular weight is 158 g/mol. The number of carboxylic acid groups (broad SMARTS) is 2. The third-order valence-electron chi connectivity index (χ3n) is 2.19. The molecule has 0 spiro atoms. The van der Waals surface area contributed by atoms with Gasteiger partial charge in [-0.25, -0.2) is 0 Å². The first-order valence-electron chi connectivity index (χ1n) is 3.49. The zero-order chi connectivity index (χ0) is 8.59.